The number of fused-ring (bicyclic) bond motifs is 1. The highest BCUT2D eigenvalue weighted by molar-refractivity contribution is 8.00. The SMILES string of the molecule is CO/N=C(\C(=O)NC1C(=O)N2C(C(=O)OC(c3ccccc3)c3ccccc3)=C(C=P(c3ccccc3)(c3ccccc3)c3ccccc3)CS[C@@H]12)c1csc(NC(c2ccccc2)(c2ccccc2)c2ccccc2)n1. The Morgan fingerprint density at radius 3 is 1.52 bits per heavy atom. The maximum atomic E-state index is 15.4. The normalized spacial score (nSPS) is 15.5. The molecule has 2 aliphatic heterocycles. The molecule has 13 heteroatoms. The van der Waals surface area contributed by atoms with Gasteiger partial charge in [0, 0.05) is 11.1 Å². The van der Waals surface area contributed by atoms with Gasteiger partial charge in [-0.05, 0) is 62.0 Å². The van der Waals surface area contributed by atoms with Gasteiger partial charge in [0.1, 0.15) is 35.5 Å². The number of carbonyl (C=O) groups is 3. The molecule has 1 saturated heterocycles. The Labute approximate surface area is 456 Å². The fraction of sp³-hybridized carbons (Fsp3) is 0.0938. The molecule has 1 aromatic heterocycles. The maximum absolute atomic E-state index is 15.4. The number of amides is 2. The molecule has 1 unspecified atom stereocenters. The highest BCUT2D eigenvalue weighted by atomic mass is 32.2. The van der Waals surface area contributed by atoms with E-state index >= 15 is 9.59 Å². The quantitative estimate of drug-likeness (QED) is 0.0231. The average Bonchev–Trinajstić information content (AvgIpc) is 3.99. The molecule has 380 valence electrons. The molecule has 11 rings (SSSR count). The number of ether oxygens (including phenoxy) is 1. The molecule has 2 atom stereocenters. The van der Waals surface area contributed by atoms with E-state index in [9.17, 15) is 4.79 Å². The van der Waals surface area contributed by atoms with Gasteiger partial charge in [-0.2, -0.15) is 0 Å². The molecule has 8 aromatic carbocycles. The lowest BCUT2D eigenvalue weighted by Gasteiger charge is -2.49. The summed E-state index contributed by atoms with van der Waals surface area (Å²) in [5, 5.41) is 15.8. The third kappa shape index (κ3) is 9.95. The number of thioether (sulfide) groups is 1. The summed E-state index contributed by atoms with van der Waals surface area (Å²) in [5.41, 5.74) is 4.54. The van der Waals surface area contributed by atoms with Crippen molar-refractivity contribution >= 4 is 80.3 Å². The number of nitrogens with one attached hydrogen (secondary N) is 2. The number of anilines is 1. The monoisotopic (exact) mass is 1070 g/mol. The second-order valence-corrected chi connectivity index (χ2v) is 23.5. The number of carbonyl (C=O) groups excluding carboxylic acids is 3. The molecule has 3 heterocycles. The Hall–Kier alpha value is -8.54. The van der Waals surface area contributed by atoms with Gasteiger partial charge < -0.3 is 20.2 Å². The largest absolute Gasteiger partial charge is 0.448 e. The molecule has 10 nitrogen and oxygen atoms in total. The summed E-state index contributed by atoms with van der Waals surface area (Å²) in [6.45, 7) is -2.70. The van der Waals surface area contributed by atoms with Crippen LogP contribution in [0.3, 0.4) is 0 Å². The van der Waals surface area contributed by atoms with Crippen molar-refractivity contribution in [3.05, 3.63) is 293 Å². The summed E-state index contributed by atoms with van der Waals surface area (Å²) in [5.74, 6) is 0.761. The molecule has 2 amide bonds. The fourth-order valence-corrected chi connectivity index (χ4v) is 16.4. The number of rotatable bonds is 17. The van der Waals surface area contributed by atoms with Crippen LogP contribution >= 0.6 is 30.0 Å². The van der Waals surface area contributed by atoms with Crippen molar-refractivity contribution in [2.24, 2.45) is 5.16 Å². The summed E-state index contributed by atoms with van der Waals surface area (Å²) >= 11 is 2.79. The molecule has 0 radical (unpaired) electrons. The Bertz CT molecular complexity index is 3390. The van der Waals surface area contributed by atoms with Crippen molar-refractivity contribution in [2.75, 3.05) is 18.2 Å². The van der Waals surface area contributed by atoms with Crippen LogP contribution in [-0.2, 0) is 29.5 Å². The minimum Gasteiger partial charge on any atom is -0.448 e. The first-order valence-electron chi connectivity index (χ1n) is 25.1. The molecule has 0 saturated carbocycles. The lowest BCUT2D eigenvalue weighted by atomic mass is 9.77. The standard InChI is InChI=1S/C64H52N5O5PS2/c1-73-68-55(54-44-77-63(65-54)67-64(48-30-14-4-15-31-48,49-32-16-5-17-33-49)50-34-18-6-19-35-50)59(70)66-56-60(71)69-57(62(72)74-58(45-26-10-2-11-27-45)46-28-12-3-13-29-46)47(43-76-61(56)69)42-75(51-36-20-7-21-37-51,52-38-22-8-23-39-52)53-40-24-9-25-41-53/h2-42,44,56,58,61H,43H2,1H3,(H,65,67)(H,66,70)/b68-55-/t56?,61-/m0/s1. The lowest BCUT2D eigenvalue weighted by Crippen LogP contribution is -2.71. The topological polar surface area (TPSA) is 122 Å². The molecule has 0 spiro atoms. The van der Waals surface area contributed by atoms with E-state index in [1.807, 2.05) is 170 Å². The number of thiazole rings is 1. The van der Waals surface area contributed by atoms with Crippen molar-refractivity contribution in [2.45, 2.75) is 23.1 Å². The third-order valence-corrected chi connectivity index (χ3v) is 19.9. The van der Waals surface area contributed by atoms with Crippen molar-refractivity contribution in [3.8, 4) is 0 Å². The van der Waals surface area contributed by atoms with Gasteiger partial charge in [-0.3, -0.25) is 14.5 Å². The van der Waals surface area contributed by atoms with Gasteiger partial charge >= 0.3 is 5.97 Å². The van der Waals surface area contributed by atoms with Crippen LogP contribution in [0.4, 0.5) is 5.13 Å². The Balaban J connectivity index is 0.965. The van der Waals surface area contributed by atoms with Gasteiger partial charge in [0.2, 0.25) is 0 Å². The van der Waals surface area contributed by atoms with E-state index in [0.717, 1.165) is 43.7 Å². The molecule has 2 aliphatic rings. The number of benzene rings is 8. The number of β-lactam (4-membered cyclic amide) rings is 1. The van der Waals surface area contributed by atoms with E-state index in [2.05, 4.69) is 94.4 Å². The predicted molar refractivity (Wildman–Crippen MR) is 313 cm³/mol. The summed E-state index contributed by atoms with van der Waals surface area (Å²) in [7, 11) is 1.36. The van der Waals surface area contributed by atoms with E-state index in [4.69, 9.17) is 14.6 Å². The zero-order valence-corrected chi connectivity index (χ0v) is 44.4. The Morgan fingerprint density at radius 1 is 0.649 bits per heavy atom. The molecule has 9 aromatic rings. The number of hydrogen-bond donors (Lipinski definition) is 2. The third-order valence-electron chi connectivity index (χ3n) is 13.8. The highest BCUT2D eigenvalue weighted by Gasteiger charge is 2.55. The van der Waals surface area contributed by atoms with Gasteiger partial charge in [-0.1, -0.05) is 248 Å². The van der Waals surface area contributed by atoms with Crippen molar-refractivity contribution in [3.63, 3.8) is 0 Å². The van der Waals surface area contributed by atoms with Crippen LogP contribution in [0.1, 0.15) is 39.6 Å². The second kappa shape index (κ2) is 22.7. The minimum atomic E-state index is -2.70. The number of esters is 1. The summed E-state index contributed by atoms with van der Waals surface area (Å²) < 4.78 is 6.65. The van der Waals surface area contributed by atoms with E-state index in [-0.39, 0.29) is 17.1 Å². The fourth-order valence-electron chi connectivity index (χ4n) is 10.3. The zero-order valence-electron chi connectivity index (χ0n) is 41.8. The molecule has 0 bridgehead atoms. The summed E-state index contributed by atoms with van der Waals surface area (Å²) in [6, 6.07) is 79.6. The van der Waals surface area contributed by atoms with Crippen LogP contribution in [0.2, 0.25) is 0 Å². The van der Waals surface area contributed by atoms with E-state index in [0.29, 0.717) is 16.5 Å². The van der Waals surface area contributed by atoms with Gasteiger partial charge in [0.25, 0.3) is 11.8 Å². The van der Waals surface area contributed by atoms with Crippen LogP contribution in [-0.4, -0.2) is 63.5 Å². The van der Waals surface area contributed by atoms with Crippen molar-refractivity contribution in [1.29, 1.82) is 0 Å². The number of oxime groups is 1. The molecule has 1 fully saturated rings. The zero-order chi connectivity index (χ0) is 52.6. The molecular weight excluding hydrogens is 1010 g/mol. The molecular formula is C64H52N5O5PS2. The van der Waals surface area contributed by atoms with Crippen LogP contribution in [0.5, 0.6) is 0 Å². The van der Waals surface area contributed by atoms with E-state index in [1.165, 1.54) is 35.1 Å². The Morgan fingerprint density at radius 2 is 1.08 bits per heavy atom. The van der Waals surface area contributed by atoms with Gasteiger partial charge in [0.05, 0.1) is 0 Å². The summed E-state index contributed by atoms with van der Waals surface area (Å²) in [6.07, 6.45) is -0.793. The predicted octanol–water partition coefficient (Wildman–Crippen LogP) is 10.7. The van der Waals surface area contributed by atoms with Gasteiger partial charge in [-0.25, -0.2) is 9.78 Å². The molecule has 2 N–H and O–H groups in total. The first kappa shape index (κ1) is 50.6. The van der Waals surface area contributed by atoms with Crippen LogP contribution in [0.25, 0.3) is 0 Å². The maximum Gasteiger partial charge on any atom is 0.356 e. The van der Waals surface area contributed by atoms with Crippen molar-refractivity contribution in [1.82, 2.24) is 15.2 Å². The first-order valence-corrected chi connectivity index (χ1v) is 28.9. The average molecular weight is 1070 g/mol. The smallest absolute Gasteiger partial charge is 0.356 e. The lowest BCUT2D eigenvalue weighted by molar-refractivity contribution is -0.154. The minimum absolute atomic E-state index is 0.116. The van der Waals surface area contributed by atoms with E-state index in [1.54, 1.807) is 5.38 Å². The number of nitrogens with zero attached hydrogens (tertiary/aromatic N) is 3. The summed E-state index contributed by atoms with van der Waals surface area (Å²) in [4.78, 5) is 56.9. The second-order valence-electron chi connectivity index (χ2n) is 18.3. The van der Waals surface area contributed by atoms with E-state index < -0.39 is 47.7 Å². The van der Waals surface area contributed by atoms with Crippen molar-refractivity contribution < 1.29 is 24.0 Å². The highest BCUT2D eigenvalue weighted by Crippen LogP contribution is 2.48. The van der Waals surface area contributed by atoms with Crippen LogP contribution in [0, 0.1) is 0 Å². The number of aromatic nitrogens is 1. The van der Waals surface area contributed by atoms with Crippen LogP contribution in [0.15, 0.2) is 264 Å². The molecule has 0 aliphatic carbocycles. The molecule has 77 heavy (non-hydrogen) atoms. The first-order chi connectivity index (χ1) is 37.9. The Kier molecular flexibility index (Phi) is 14.9. The van der Waals surface area contributed by atoms with Gasteiger partial charge in [0.15, 0.2) is 16.9 Å². The van der Waals surface area contributed by atoms with Crippen LogP contribution < -0.4 is 26.5 Å². The number of hydrogen-bond acceptors (Lipinski definition) is 10. The van der Waals surface area contributed by atoms with Gasteiger partial charge in [-0.15, -0.1) is 23.1 Å².